The Morgan fingerprint density at radius 1 is 1.03 bits per heavy atom. The minimum absolute atomic E-state index is 0.0741. The summed E-state index contributed by atoms with van der Waals surface area (Å²) in [6.45, 7) is 1.80. The molecule has 4 rings (SSSR count). The van der Waals surface area contributed by atoms with Crippen molar-refractivity contribution in [3.63, 3.8) is 0 Å². The molecule has 0 fully saturated rings. The van der Waals surface area contributed by atoms with Gasteiger partial charge in [0.25, 0.3) is 0 Å². The quantitative estimate of drug-likeness (QED) is 0.481. The first kappa shape index (κ1) is 20.2. The van der Waals surface area contributed by atoms with Gasteiger partial charge in [0.05, 0.1) is 33.5 Å². The van der Waals surface area contributed by atoms with Crippen molar-refractivity contribution in [2.75, 3.05) is 6.26 Å². The van der Waals surface area contributed by atoms with Crippen molar-refractivity contribution in [2.24, 2.45) is 0 Å². The Hall–Kier alpha value is -3.05. The SMILES string of the molecule is Cc1ccc(S(=O)(=O)c2c(F)cnc3[nH]cc(-c4ncc(F)c(S(C)=O)n4)c23)cc1. The molecule has 0 saturated heterocycles. The fraction of sp³-hybridized carbons (Fsp3) is 0.105. The van der Waals surface area contributed by atoms with E-state index in [2.05, 4.69) is 19.9 Å². The third-order valence-electron chi connectivity index (χ3n) is 4.44. The number of aromatic nitrogens is 4. The lowest BCUT2D eigenvalue weighted by Gasteiger charge is -2.09. The van der Waals surface area contributed by atoms with Crippen LogP contribution in [0.2, 0.25) is 0 Å². The van der Waals surface area contributed by atoms with Crippen LogP contribution in [0.4, 0.5) is 8.78 Å². The predicted molar refractivity (Wildman–Crippen MR) is 106 cm³/mol. The average molecular weight is 448 g/mol. The second-order valence-corrected chi connectivity index (χ2v) is 9.66. The van der Waals surface area contributed by atoms with Gasteiger partial charge in [-0.2, -0.15) is 0 Å². The molecule has 4 aromatic rings. The lowest BCUT2D eigenvalue weighted by atomic mass is 10.2. The molecule has 3 aromatic heterocycles. The van der Waals surface area contributed by atoms with Crippen molar-refractivity contribution in [3.8, 4) is 11.4 Å². The highest BCUT2D eigenvalue weighted by atomic mass is 32.2. The summed E-state index contributed by atoms with van der Waals surface area (Å²) >= 11 is 0. The summed E-state index contributed by atoms with van der Waals surface area (Å²) in [6.07, 6.45) is 4.24. The van der Waals surface area contributed by atoms with Crippen molar-refractivity contribution >= 4 is 31.7 Å². The number of aryl methyl sites for hydroxylation is 1. The molecular formula is C19H14F2N4O3S2. The van der Waals surface area contributed by atoms with Crippen LogP contribution in [0.1, 0.15) is 5.56 Å². The standard InChI is InChI=1S/C19H14F2N4O3S2/c1-10-3-5-11(6-4-10)30(27,28)16-13(20)8-24-18-15(16)12(7-22-18)17-23-9-14(21)19(25-17)29(2)26/h3-9H,1-2H3,(H,22,24). The van der Waals surface area contributed by atoms with E-state index in [1.54, 1.807) is 19.1 Å². The number of nitrogens with one attached hydrogen (secondary N) is 1. The summed E-state index contributed by atoms with van der Waals surface area (Å²) in [5.74, 6) is -2.03. The molecule has 0 spiro atoms. The van der Waals surface area contributed by atoms with Crippen LogP contribution in [-0.2, 0) is 20.6 Å². The summed E-state index contributed by atoms with van der Waals surface area (Å²) in [5.41, 5.74) is 1.02. The topological polar surface area (TPSA) is 106 Å². The minimum Gasteiger partial charge on any atom is -0.345 e. The Balaban J connectivity index is 2.03. The Bertz CT molecular complexity index is 1420. The smallest absolute Gasteiger partial charge is 0.210 e. The van der Waals surface area contributed by atoms with Crippen LogP contribution < -0.4 is 0 Å². The molecule has 1 atom stereocenters. The van der Waals surface area contributed by atoms with Gasteiger partial charge in [0.15, 0.2) is 22.5 Å². The average Bonchev–Trinajstić information content (AvgIpc) is 3.12. The molecule has 0 aliphatic heterocycles. The highest BCUT2D eigenvalue weighted by molar-refractivity contribution is 7.91. The number of benzene rings is 1. The number of hydrogen-bond donors (Lipinski definition) is 1. The van der Waals surface area contributed by atoms with E-state index in [9.17, 15) is 21.4 Å². The maximum Gasteiger partial charge on any atom is 0.210 e. The zero-order chi connectivity index (χ0) is 21.6. The number of hydrogen-bond acceptors (Lipinski definition) is 6. The van der Waals surface area contributed by atoms with Gasteiger partial charge in [0.2, 0.25) is 9.84 Å². The van der Waals surface area contributed by atoms with Gasteiger partial charge in [-0.05, 0) is 19.1 Å². The summed E-state index contributed by atoms with van der Waals surface area (Å²) in [4.78, 5) is 13.8. The largest absolute Gasteiger partial charge is 0.345 e. The molecule has 7 nitrogen and oxygen atoms in total. The van der Waals surface area contributed by atoms with E-state index < -0.39 is 37.2 Å². The lowest BCUT2D eigenvalue weighted by Crippen LogP contribution is -2.07. The lowest BCUT2D eigenvalue weighted by molar-refractivity contribution is 0.567. The van der Waals surface area contributed by atoms with E-state index in [4.69, 9.17) is 0 Å². The molecule has 0 amide bonds. The number of aromatic amines is 1. The van der Waals surface area contributed by atoms with Gasteiger partial charge < -0.3 is 4.98 Å². The van der Waals surface area contributed by atoms with E-state index in [1.165, 1.54) is 24.6 Å². The molecular weight excluding hydrogens is 434 g/mol. The number of sulfone groups is 1. The minimum atomic E-state index is -4.27. The van der Waals surface area contributed by atoms with E-state index >= 15 is 0 Å². The van der Waals surface area contributed by atoms with Gasteiger partial charge in [-0.25, -0.2) is 32.2 Å². The second-order valence-electron chi connectivity index (χ2n) is 6.48. The summed E-state index contributed by atoms with van der Waals surface area (Å²) < 4.78 is 67.0. The molecule has 1 N–H and O–H groups in total. The van der Waals surface area contributed by atoms with Crippen molar-refractivity contribution in [2.45, 2.75) is 21.7 Å². The van der Waals surface area contributed by atoms with Gasteiger partial charge in [0, 0.05) is 18.0 Å². The molecule has 30 heavy (non-hydrogen) atoms. The fourth-order valence-corrected chi connectivity index (χ4v) is 5.06. The first-order valence-electron chi connectivity index (χ1n) is 8.54. The Kier molecular flexibility index (Phi) is 4.94. The zero-order valence-corrected chi connectivity index (χ0v) is 17.3. The Morgan fingerprint density at radius 2 is 1.70 bits per heavy atom. The molecule has 0 saturated carbocycles. The van der Waals surface area contributed by atoms with E-state index in [1.807, 2.05) is 0 Å². The van der Waals surface area contributed by atoms with Gasteiger partial charge in [0.1, 0.15) is 10.5 Å². The number of nitrogens with zero attached hydrogens (tertiary/aromatic N) is 3. The summed E-state index contributed by atoms with van der Waals surface area (Å²) in [6, 6.07) is 5.98. The number of fused-ring (bicyclic) bond motifs is 1. The third kappa shape index (κ3) is 3.29. The molecule has 0 bridgehead atoms. The third-order valence-corrected chi connectivity index (χ3v) is 7.10. The first-order chi connectivity index (χ1) is 14.2. The summed E-state index contributed by atoms with van der Waals surface area (Å²) in [5, 5.41) is -0.420. The van der Waals surface area contributed by atoms with Crippen LogP contribution in [0.25, 0.3) is 22.4 Å². The molecule has 0 radical (unpaired) electrons. The highest BCUT2D eigenvalue weighted by Gasteiger charge is 2.29. The number of rotatable bonds is 4. The number of H-pyrrole nitrogens is 1. The van der Waals surface area contributed by atoms with E-state index in [0.29, 0.717) is 0 Å². The highest BCUT2D eigenvalue weighted by Crippen LogP contribution is 2.35. The van der Waals surface area contributed by atoms with Crippen LogP contribution in [0.15, 0.2) is 57.7 Å². The zero-order valence-electron chi connectivity index (χ0n) is 15.7. The first-order valence-corrected chi connectivity index (χ1v) is 11.6. The Labute approximate surface area is 172 Å². The monoisotopic (exact) mass is 448 g/mol. The van der Waals surface area contributed by atoms with Gasteiger partial charge in [-0.3, -0.25) is 4.21 Å². The van der Waals surface area contributed by atoms with Gasteiger partial charge in [-0.1, -0.05) is 17.7 Å². The molecule has 0 aliphatic carbocycles. The predicted octanol–water partition coefficient (Wildman–Crippen LogP) is 3.18. The number of halogens is 2. The maximum atomic E-state index is 14.8. The number of pyridine rings is 1. The van der Waals surface area contributed by atoms with Crippen molar-refractivity contribution < 1.29 is 21.4 Å². The van der Waals surface area contributed by atoms with Crippen LogP contribution >= 0.6 is 0 Å². The normalized spacial score (nSPS) is 12.9. The van der Waals surface area contributed by atoms with Gasteiger partial charge in [-0.15, -0.1) is 0 Å². The van der Waals surface area contributed by atoms with Crippen LogP contribution in [-0.4, -0.2) is 38.8 Å². The van der Waals surface area contributed by atoms with E-state index in [0.717, 1.165) is 18.0 Å². The van der Waals surface area contributed by atoms with Gasteiger partial charge >= 0.3 is 0 Å². The summed E-state index contributed by atoms with van der Waals surface area (Å²) in [7, 11) is -6.02. The van der Waals surface area contributed by atoms with Crippen LogP contribution in [0.5, 0.6) is 0 Å². The van der Waals surface area contributed by atoms with Crippen molar-refractivity contribution in [1.29, 1.82) is 0 Å². The van der Waals surface area contributed by atoms with Crippen molar-refractivity contribution in [1.82, 2.24) is 19.9 Å². The van der Waals surface area contributed by atoms with Crippen LogP contribution in [0, 0.1) is 18.6 Å². The molecule has 1 unspecified atom stereocenters. The molecule has 0 aliphatic rings. The van der Waals surface area contributed by atoms with Crippen molar-refractivity contribution in [3.05, 3.63) is 60.1 Å². The maximum absolute atomic E-state index is 14.8. The molecule has 154 valence electrons. The Morgan fingerprint density at radius 3 is 2.37 bits per heavy atom. The molecule has 1 aromatic carbocycles. The second kappa shape index (κ2) is 7.33. The van der Waals surface area contributed by atoms with E-state index in [-0.39, 0.29) is 32.3 Å². The van der Waals surface area contributed by atoms with Crippen LogP contribution in [0.3, 0.4) is 0 Å². The molecule has 3 heterocycles. The fourth-order valence-electron chi connectivity index (χ4n) is 3.00. The molecule has 11 heteroatoms.